The van der Waals surface area contributed by atoms with Gasteiger partial charge in [0.1, 0.15) is 0 Å². The summed E-state index contributed by atoms with van der Waals surface area (Å²) in [5.74, 6) is 1.91. The predicted molar refractivity (Wildman–Crippen MR) is 89.6 cm³/mol. The van der Waals surface area contributed by atoms with E-state index in [-0.39, 0.29) is 0 Å². The molecule has 0 aromatic carbocycles. The minimum absolute atomic E-state index is 0.499. The van der Waals surface area contributed by atoms with Crippen LogP contribution in [0.25, 0.3) is 0 Å². The number of nitrogens with one attached hydrogen (secondary N) is 1. The fraction of sp³-hybridized carbons (Fsp3) is 1.00. The van der Waals surface area contributed by atoms with Crippen molar-refractivity contribution in [2.75, 3.05) is 46.9 Å². The minimum atomic E-state index is 0.499. The number of nitrogens with zero attached hydrogens (tertiary/aromatic N) is 1. The summed E-state index contributed by atoms with van der Waals surface area (Å²) >= 11 is 0. The summed E-state index contributed by atoms with van der Waals surface area (Å²) in [6, 6.07) is 0. The maximum Gasteiger partial charge on any atom is 0.0587 e. The van der Waals surface area contributed by atoms with Crippen LogP contribution in [0.2, 0.25) is 0 Å². The van der Waals surface area contributed by atoms with E-state index in [9.17, 15) is 0 Å². The highest BCUT2D eigenvalue weighted by Crippen LogP contribution is 2.39. The van der Waals surface area contributed by atoms with E-state index in [1.54, 1.807) is 7.11 Å². The van der Waals surface area contributed by atoms with E-state index >= 15 is 0 Å². The van der Waals surface area contributed by atoms with Gasteiger partial charge in [-0.2, -0.15) is 0 Å². The van der Waals surface area contributed by atoms with Gasteiger partial charge in [0.25, 0.3) is 0 Å². The molecule has 0 spiro atoms. The van der Waals surface area contributed by atoms with Crippen molar-refractivity contribution in [3.8, 4) is 0 Å². The maximum absolute atomic E-state index is 5.16. The lowest BCUT2D eigenvalue weighted by atomic mass is 9.70. The van der Waals surface area contributed by atoms with Crippen LogP contribution in [-0.4, -0.2) is 51.8 Å². The maximum atomic E-state index is 5.16. The molecule has 0 atom stereocenters. The lowest BCUT2D eigenvalue weighted by Crippen LogP contribution is -2.47. The molecule has 2 rings (SSSR count). The van der Waals surface area contributed by atoms with Gasteiger partial charge in [-0.1, -0.05) is 26.2 Å². The van der Waals surface area contributed by atoms with E-state index in [4.69, 9.17) is 4.74 Å². The van der Waals surface area contributed by atoms with Crippen LogP contribution in [0, 0.1) is 17.3 Å². The largest absolute Gasteiger partial charge is 0.383 e. The Kier molecular flexibility index (Phi) is 6.97. The summed E-state index contributed by atoms with van der Waals surface area (Å²) in [5.41, 5.74) is 0.499. The van der Waals surface area contributed by atoms with Crippen molar-refractivity contribution < 1.29 is 4.74 Å². The second-order valence-corrected chi connectivity index (χ2v) is 7.85. The van der Waals surface area contributed by atoms with E-state index in [0.29, 0.717) is 5.41 Å². The van der Waals surface area contributed by atoms with E-state index < -0.39 is 0 Å². The van der Waals surface area contributed by atoms with Gasteiger partial charge in [0, 0.05) is 33.3 Å². The van der Waals surface area contributed by atoms with E-state index in [1.807, 2.05) is 0 Å². The standard InChI is InChI=1S/C18H36N2O/c1-16-7-9-18(10-8-16,14-19-11-12-21-3)15-20(2)13-17-5-4-6-17/h16-17,19H,4-15H2,1-3H3. The molecule has 2 aliphatic rings. The lowest BCUT2D eigenvalue weighted by molar-refractivity contribution is 0.0802. The minimum Gasteiger partial charge on any atom is -0.383 e. The molecule has 0 aliphatic heterocycles. The smallest absolute Gasteiger partial charge is 0.0587 e. The summed E-state index contributed by atoms with van der Waals surface area (Å²) in [7, 11) is 4.12. The molecule has 0 unspecified atom stereocenters. The van der Waals surface area contributed by atoms with Crippen molar-refractivity contribution >= 4 is 0 Å². The Balaban J connectivity index is 1.81. The highest BCUT2D eigenvalue weighted by atomic mass is 16.5. The molecule has 0 heterocycles. The first kappa shape index (κ1) is 17.2. The van der Waals surface area contributed by atoms with Crippen molar-refractivity contribution in [2.45, 2.75) is 51.9 Å². The van der Waals surface area contributed by atoms with Crippen molar-refractivity contribution in [3.63, 3.8) is 0 Å². The Morgan fingerprint density at radius 3 is 2.48 bits per heavy atom. The average Bonchev–Trinajstić information content (AvgIpc) is 2.43. The Morgan fingerprint density at radius 1 is 1.19 bits per heavy atom. The molecule has 0 aromatic rings. The highest BCUT2D eigenvalue weighted by molar-refractivity contribution is 4.89. The zero-order chi connectivity index (χ0) is 15.1. The molecule has 2 aliphatic carbocycles. The van der Waals surface area contributed by atoms with Crippen LogP contribution < -0.4 is 5.32 Å². The normalized spacial score (nSPS) is 30.6. The summed E-state index contributed by atoms with van der Waals surface area (Å²) in [5, 5.41) is 3.65. The second kappa shape index (κ2) is 8.50. The van der Waals surface area contributed by atoms with Crippen molar-refractivity contribution in [3.05, 3.63) is 0 Å². The van der Waals surface area contributed by atoms with Crippen molar-refractivity contribution in [1.29, 1.82) is 0 Å². The van der Waals surface area contributed by atoms with Gasteiger partial charge in [-0.05, 0) is 50.0 Å². The monoisotopic (exact) mass is 296 g/mol. The number of hydrogen-bond donors (Lipinski definition) is 1. The third-order valence-electron chi connectivity index (χ3n) is 5.72. The van der Waals surface area contributed by atoms with Gasteiger partial charge >= 0.3 is 0 Å². The van der Waals surface area contributed by atoms with Gasteiger partial charge in [-0.3, -0.25) is 0 Å². The summed E-state index contributed by atoms with van der Waals surface area (Å²) in [4.78, 5) is 2.62. The van der Waals surface area contributed by atoms with Gasteiger partial charge in [0.2, 0.25) is 0 Å². The Hall–Kier alpha value is -0.120. The van der Waals surface area contributed by atoms with Gasteiger partial charge in [0.05, 0.1) is 6.61 Å². The first-order valence-electron chi connectivity index (χ1n) is 9.02. The van der Waals surface area contributed by atoms with Gasteiger partial charge in [0.15, 0.2) is 0 Å². The lowest BCUT2D eigenvalue weighted by Gasteiger charge is -2.43. The molecule has 21 heavy (non-hydrogen) atoms. The number of hydrogen-bond acceptors (Lipinski definition) is 3. The molecular weight excluding hydrogens is 260 g/mol. The topological polar surface area (TPSA) is 24.5 Å². The zero-order valence-corrected chi connectivity index (χ0v) is 14.5. The number of methoxy groups -OCH3 is 1. The predicted octanol–water partition coefficient (Wildman–Crippen LogP) is 3.15. The van der Waals surface area contributed by atoms with Gasteiger partial charge in [-0.25, -0.2) is 0 Å². The zero-order valence-electron chi connectivity index (χ0n) is 14.5. The third kappa shape index (κ3) is 5.54. The van der Waals surface area contributed by atoms with Crippen LogP contribution in [0.4, 0.5) is 0 Å². The average molecular weight is 296 g/mol. The molecule has 0 bridgehead atoms. The molecule has 124 valence electrons. The summed E-state index contributed by atoms with van der Waals surface area (Å²) in [6.07, 6.45) is 9.97. The Bertz CT molecular complexity index is 283. The fourth-order valence-electron chi connectivity index (χ4n) is 4.05. The second-order valence-electron chi connectivity index (χ2n) is 7.85. The molecule has 3 heteroatoms. The van der Waals surface area contributed by atoms with Crippen LogP contribution in [-0.2, 0) is 4.74 Å². The van der Waals surface area contributed by atoms with Crippen LogP contribution in [0.1, 0.15) is 51.9 Å². The summed E-state index contributed by atoms with van der Waals surface area (Å²) in [6.45, 7) is 7.98. The molecule has 0 saturated heterocycles. The molecule has 2 saturated carbocycles. The van der Waals surface area contributed by atoms with Crippen LogP contribution in [0.5, 0.6) is 0 Å². The molecule has 1 N–H and O–H groups in total. The molecular formula is C18H36N2O. The Morgan fingerprint density at radius 2 is 1.90 bits per heavy atom. The highest BCUT2D eigenvalue weighted by Gasteiger charge is 2.35. The van der Waals surface area contributed by atoms with E-state index in [2.05, 4.69) is 24.2 Å². The van der Waals surface area contributed by atoms with Crippen LogP contribution in [0.3, 0.4) is 0 Å². The first-order valence-corrected chi connectivity index (χ1v) is 9.02. The SMILES string of the molecule is COCCNCC1(CN(C)CC2CCC2)CCC(C)CC1. The summed E-state index contributed by atoms with van der Waals surface area (Å²) < 4.78 is 5.16. The number of rotatable bonds is 9. The van der Waals surface area contributed by atoms with Crippen LogP contribution in [0.15, 0.2) is 0 Å². The molecule has 0 amide bonds. The third-order valence-corrected chi connectivity index (χ3v) is 5.72. The number of ether oxygens (including phenoxy) is 1. The molecule has 3 nitrogen and oxygen atoms in total. The molecule has 2 fully saturated rings. The van der Waals surface area contributed by atoms with Gasteiger partial charge < -0.3 is 15.0 Å². The first-order chi connectivity index (χ1) is 10.1. The van der Waals surface area contributed by atoms with E-state index in [1.165, 1.54) is 58.0 Å². The van der Waals surface area contributed by atoms with Crippen LogP contribution >= 0.6 is 0 Å². The fourth-order valence-corrected chi connectivity index (χ4v) is 4.05. The Labute approximate surface area is 131 Å². The quantitative estimate of drug-likeness (QED) is 0.662. The van der Waals surface area contributed by atoms with Crippen molar-refractivity contribution in [1.82, 2.24) is 10.2 Å². The van der Waals surface area contributed by atoms with E-state index in [0.717, 1.165) is 31.5 Å². The molecule has 0 radical (unpaired) electrons. The van der Waals surface area contributed by atoms with Crippen molar-refractivity contribution in [2.24, 2.45) is 17.3 Å². The molecule has 0 aromatic heterocycles. The van der Waals surface area contributed by atoms with Gasteiger partial charge in [-0.15, -0.1) is 0 Å².